The number of carbonyl (C=O) groups is 1. The molecule has 0 aliphatic carbocycles. The van der Waals surface area contributed by atoms with Crippen molar-refractivity contribution < 1.29 is 13.6 Å². The molecule has 4 aromatic rings. The smallest absolute Gasteiger partial charge is 0.262 e. The highest BCUT2D eigenvalue weighted by Crippen LogP contribution is 2.23. The average Bonchev–Trinajstić information content (AvgIpc) is 3.09. The zero-order valence-corrected chi connectivity index (χ0v) is 14.1. The van der Waals surface area contributed by atoms with Gasteiger partial charge in [0.2, 0.25) is 0 Å². The van der Waals surface area contributed by atoms with E-state index in [2.05, 4.69) is 20.4 Å². The van der Waals surface area contributed by atoms with Crippen molar-refractivity contribution in [2.24, 2.45) is 0 Å². The van der Waals surface area contributed by atoms with Crippen LogP contribution < -0.4 is 5.32 Å². The molecular weight excluding hydrogens is 352 g/mol. The third-order valence-corrected chi connectivity index (χ3v) is 4.10. The minimum absolute atomic E-state index is 0.0872. The molecule has 8 heteroatoms. The molecule has 3 heterocycles. The van der Waals surface area contributed by atoms with Crippen molar-refractivity contribution in [3.8, 4) is 11.3 Å². The lowest BCUT2D eigenvalue weighted by Crippen LogP contribution is -2.16. The molecule has 0 saturated carbocycles. The van der Waals surface area contributed by atoms with Crippen LogP contribution in [0.1, 0.15) is 15.9 Å². The Morgan fingerprint density at radius 2 is 1.89 bits per heavy atom. The van der Waals surface area contributed by atoms with Gasteiger partial charge in [0.05, 0.1) is 23.6 Å². The lowest BCUT2D eigenvalue weighted by Gasteiger charge is -2.08. The number of fused-ring (bicyclic) bond motifs is 1. The van der Waals surface area contributed by atoms with Gasteiger partial charge < -0.3 is 5.32 Å². The van der Waals surface area contributed by atoms with Crippen molar-refractivity contribution in [3.05, 3.63) is 77.9 Å². The number of anilines is 1. The number of nitrogens with one attached hydrogen (secondary N) is 1. The number of pyridine rings is 1. The van der Waals surface area contributed by atoms with E-state index in [4.69, 9.17) is 0 Å². The van der Waals surface area contributed by atoms with Crippen LogP contribution >= 0.6 is 0 Å². The largest absolute Gasteiger partial charge is 0.305 e. The zero-order chi connectivity index (χ0) is 19.0. The van der Waals surface area contributed by atoms with Gasteiger partial charge >= 0.3 is 0 Å². The van der Waals surface area contributed by atoms with E-state index in [1.54, 1.807) is 10.7 Å². The second-order valence-electron chi connectivity index (χ2n) is 5.91. The van der Waals surface area contributed by atoms with Gasteiger partial charge in [0.1, 0.15) is 17.2 Å². The van der Waals surface area contributed by atoms with E-state index in [9.17, 15) is 13.6 Å². The number of aromatic nitrogens is 4. The first-order valence-corrected chi connectivity index (χ1v) is 8.05. The second-order valence-corrected chi connectivity index (χ2v) is 5.91. The Morgan fingerprint density at radius 1 is 1.11 bits per heavy atom. The Morgan fingerprint density at radius 3 is 2.59 bits per heavy atom. The Bertz CT molecular complexity index is 1130. The van der Waals surface area contributed by atoms with Crippen LogP contribution in [0.5, 0.6) is 0 Å². The number of benzene rings is 1. The Hall–Kier alpha value is -3.68. The van der Waals surface area contributed by atoms with Crippen molar-refractivity contribution in [3.63, 3.8) is 0 Å². The molecule has 0 aliphatic heterocycles. The van der Waals surface area contributed by atoms with Crippen molar-refractivity contribution in [1.29, 1.82) is 0 Å². The molecule has 0 saturated heterocycles. The Balaban J connectivity index is 1.60. The lowest BCUT2D eigenvalue weighted by molar-refractivity contribution is 0.101. The maximum atomic E-state index is 13.7. The molecule has 0 spiro atoms. The fraction of sp³-hybridized carbons (Fsp3) is 0.0526. The molecule has 1 amide bonds. The van der Waals surface area contributed by atoms with E-state index in [0.717, 1.165) is 28.8 Å². The fourth-order valence-electron chi connectivity index (χ4n) is 2.76. The summed E-state index contributed by atoms with van der Waals surface area (Å²) in [6.07, 6.45) is 6.34. The summed E-state index contributed by atoms with van der Waals surface area (Å²) in [6, 6.07) is 7.08. The van der Waals surface area contributed by atoms with E-state index < -0.39 is 23.1 Å². The normalized spacial score (nSPS) is 10.9. The molecular formula is C19H13F2N5O. The van der Waals surface area contributed by atoms with Gasteiger partial charge in [-0.05, 0) is 36.8 Å². The fourth-order valence-corrected chi connectivity index (χ4v) is 2.76. The monoisotopic (exact) mass is 365 g/mol. The number of nitrogens with zero attached hydrogens (tertiary/aromatic N) is 4. The highest BCUT2D eigenvalue weighted by Gasteiger charge is 2.17. The SMILES string of the molecule is Cc1cc2ccnn2cc1-c1cnc(NC(=O)c2c(F)cccc2F)cn1. The molecule has 3 aromatic heterocycles. The molecule has 1 aromatic carbocycles. The first-order valence-electron chi connectivity index (χ1n) is 8.05. The van der Waals surface area contributed by atoms with E-state index in [1.165, 1.54) is 18.5 Å². The minimum atomic E-state index is -0.944. The summed E-state index contributed by atoms with van der Waals surface area (Å²) in [5.41, 5.74) is 2.70. The van der Waals surface area contributed by atoms with Gasteiger partial charge in [0, 0.05) is 18.0 Å². The first kappa shape index (κ1) is 16.8. The van der Waals surface area contributed by atoms with Crippen LogP contribution in [-0.4, -0.2) is 25.5 Å². The molecule has 0 aliphatic rings. The number of carbonyl (C=O) groups excluding carboxylic acids is 1. The molecule has 0 radical (unpaired) electrons. The molecule has 4 rings (SSSR count). The quantitative estimate of drug-likeness (QED) is 0.602. The highest BCUT2D eigenvalue weighted by atomic mass is 19.1. The van der Waals surface area contributed by atoms with Gasteiger partial charge in [-0.3, -0.25) is 9.78 Å². The van der Waals surface area contributed by atoms with E-state index in [-0.39, 0.29) is 5.82 Å². The zero-order valence-electron chi connectivity index (χ0n) is 14.1. The number of hydrogen-bond acceptors (Lipinski definition) is 4. The van der Waals surface area contributed by atoms with Crippen LogP contribution in [0.2, 0.25) is 0 Å². The topological polar surface area (TPSA) is 72.2 Å². The van der Waals surface area contributed by atoms with Crippen LogP contribution in [0, 0.1) is 18.6 Å². The Kier molecular flexibility index (Phi) is 4.08. The van der Waals surface area contributed by atoms with Gasteiger partial charge in [-0.1, -0.05) is 6.07 Å². The predicted octanol–water partition coefficient (Wildman–Crippen LogP) is 3.63. The Labute approximate surface area is 152 Å². The maximum Gasteiger partial charge on any atom is 0.262 e. The van der Waals surface area contributed by atoms with Gasteiger partial charge in [-0.15, -0.1) is 0 Å². The third kappa shape index (κ3) is 3.12. The van der Waals surface area contributed by atoms with Crippen LogP contribution in [0.15, 0.2) is 55.1 Å². The van der Waals surface area contributed by atoms with Crippen molar-refractivity contribution in [1.82, 2.24) is 19.6 Å². The lowest BCUT2D eigenvalue weighted by atomic mass is 10.1. The van der Waals surface area contributed by atoms with Crippen LogP contribution in [0.3, 0.4) is 0 Å². The molecule has 0 fully saturated rings. The highest BCUT2D eigenvalue weighted by molar-refractivity contribution is 6.04. The molecule has 0 bridgehead atoms. The van der Waals surface area contributed by atoms with Crippen molar-refractivity contribution in [2.75, 3.05) is 5.32 Å². The first-order chi connectivity index (χ1) is 13.0. The van der Waals surface area contributed by atoms with Gasteiger partial charge in [-0.25, -0.2) is 18.3 Å². The number of aryl methyl sites for hydroxylation is 1. The summed E-state index contributed by atoms with van der Waals surface area (Å²) in [4.78, 5) is 20.5. The number of hydrogen-bond donors (Lipinski definition) is 1. The van der Waals surface area contributed by atoms with E-state index in [0.29, 0.717) is 5.69 Å². The standard InChI is InChI=1S/C19H13F2N5O/c1-11-7-12-5-6-24-26(12)10-13(11)16-8-23-17(9-22-16)25-19(27)18-14(20)3-2-4-15(18)21/h2-10H,1H3,(H,23,25,27). The third-order valence-electron chi connectivity index (χ3n) is 4.10. The van der Waals surface area contributed by atoms with Crippen LogP contribution in [0.4, 0.5) is 14.6 Å². The number of halogens is 2. The second kappa shape index (κ2) is 6.56. The van der Waals surface area contributed by atoms with Gasteiger partial charge in [0.15, 0.2) is 5.82 Å². The average molecular weight is 365 g/mol. The molecule has 27 heavy (non-hydrogen) atoms. The van der Waals surface area contributed by atoms with Crippen molar-refractivity contribution >= 4 is 17.2 Å². The summed E-state index contributed by atoms with van der Waals surface area (Å²) >= 11 is 0. The summed E-state index contributed by atoms with van der Waals surface area (Å²) in [5.74, 6) is -2.73. The predicted molar refractivity (Wildman–Crippen MR) is 95.3 cm³/mol. The molecule has 1 N–H and O–H groups in total. The molecule has 6 nitrogen and oxygen atoms in total. The van der Waals surface area contributed by atoms with Gasteiger partial charge in [-0.2, -0.15) is 5.10 Å². The minimum Gasteiger partial charge on any atom is -0.305 e. The van der Waals surface area contributed by atoms with Gasteiger partial charge in [0.25, 0.3) is 5.91 Å². The van der Waals surface area contributed by atoms with E-state index >= 15 is 0 Å². The summed E-state index contributed by atoms with van der Waals surface area (Å²) < 4.78 is 29.1. The molecule has 134 valence electrons. The van der Waals surface area contributed by atoms with Crippen molar-refractivity contribution in [2.45, 2.75) is 6.92 Å². The van der Waals surface area contributed by atoms with Crippen LogP contribution in [-0.2, 0) is 0 Å². The van der Waals surface area contributed by atoms with Crippen LogP contribution in [0.25, 0.3) is 16.8 Å². The summed E-state index contributed by atoms with van der Waals surface area (Å²) in [6.45, 7) is 1.95. The summed E-state index contributed by atoms with van der Waals surface area (Å²) in [5, 5.41) is 6.54. The molecule has 0 unspecified atom stereocenters. The maximum absolute atomic E-state index is 13.7. The van der Waals surface area contributed by atoms with E-state index in [1.807, 2.05) is 25.3 Å². The molecule has 0 atom stereocenters. The number of rotatable bonds is 3. The summed E-state index contributed by atoms with van der Waals surface area (Å²) in [7, 11) is 0. The number of amides is 1.